The molecule has 10 heteroatoms. The molecule has 1 aromatic rings. The Balaban J connectivity index is 1.82. The predicted molar refractivity (Wildman–Crippen MR) is 146 cm³/mol. The van der Waals surface area contributed by atoms with Crippen LogP contribution >= 0.6 is 23.5 Å². The van der Waals surface area contributed by atoms with Crippen molar-refractivity contribution in [2.24, 2.45) is 11.5 Å². The molecule has 1 fully saturated rings. The molecule has 2 unspecified atom stereocenters. The van der Waals surface area contributed by atoms with Crippen molar-refractivity contribution in [2.45, 2.75) is 92.9 Å². The van der Waals surface area contributed by atoms with Gasteiger partial charge in [0.25, 0.3) is 0 Å². The van der Waals surface area contributed by atoms with Gasteiger partial charge < -0.3 is 26.4 Å². The highest BCUT2D eigenvalue weighted by molar-refractivity contribution is 8.17. The molecule has 1 saturated heterocycles. The van der Waals surface area contributed by atoms with Gasteiger partial charge in [-0.3, -0.25) is 9.59 Å². The molecule has 0 aliphatic carbocycles. The van der Waals surface area contributed by atoms with Crippen molar-refractivity contribution in [3.8, 4) is 0 Å². The summed E-state index contributed by atoms with van der Waals surface area (Å²) in [5.41, 5.74) is 14.7. The maximum atomic E-state index is 13.8. The summed E-state index contributed by atoms with van der Waals surface area (Å²) >= 11 is 3.49. The van der Waals surface area contributed by atoms with Crippen LogP contribution in [0.1, 0.15) is 57.6 Å². The van der Waals surface area contributed by atoms with Crippen molar-refractivity contribution in [3.05, 3.63) is 35.4 Å². The van der Waals surface area contributed by atoms with Gasteiger partial charge in [0.1, 0.15) is 12.1 Å². The first-order chi connectivity index (χ1) is 17.1. The van der Waals surface area contributed by atoms with Crippen LogP contribution in [0, 0.1) is 0 Å². The average Bonchev–Trinajstić information content (AvgIpc) is 3.27. The number of nitrogens with zero attached hydrogens (tertiary/aromatic N) is 1. The number of ether oxygens (including phenoxy) is 1. The maximum absolute atomic E-state index is 13.8. The van der Waals surface area contributed by atoms with Crippen molar-refractivity contribution in [1.82, 2.24) is 10.2 Å². The van der Waals surface area contributed by atoms with Crippen LogP contribution < -0.4 is 16.8 Å². The summed E-state index contributed by atoms with van der Waals surface area (Å²) in [4.78, 5) is 41.3. The molecule has 0 radical (unpaired) electrons. The molecule has 8 nitrogen and oxygen atoms in total. The molecule has 2 heterocycles. The smallest absolute Gasteiger partial charge is 0.328 e. The summed E-state index contributed by atoms with van der Waals surface area (Å²) in [6.45, 7) is 6.28. The molecule has 0 aromatic heterocycles. The quantitative estimate of drug-likeness (QED) is 0.389. The van der Waals surface area contributed by atoms with E-state index in [-0.39, 0.29) is 22.4 Å². The van der Waals surface area contributed by atoms with E-state index in [2.05, 4.69) is 5.32 Å². The van der Waals surface area contributed by atoms with Crippen LogP contribution in [0.4, 0.5) is 0 Å². The molecule has 200 valence electrons. The van der Waals surface area contributed by atoms with E-state index < -0.39 is 28.8 Å². The van der Waals surface area contributed by atoms with Crippen LogP contribution in [0.3, 0.4) is 0 Å². The lowest BCUT2D eigenvalue weighted by molar-refractivity contribution is -0.148. The maximum Gasteiger partial charge on any atom is 0.328 e. The highest BCUT2D eigenvalue weighted by atomic mass is 32.2. The standard InChI is InChI=1S/C26H40N4O4S2/c1-5-6-11-19(25(33)34-4)29-23(31)20-12-16-9-7-8-10-17(16)14-30(20)24(32)22(28)26(2,3)36-21-13-18(27)15-35-21/h7-10,18-22H,5-6,11-15,27-28H2,1-4H3,(H,29,31)/t18?,19-,20-,21?,22+/m0/s1. The molecule has 0 spiro atoms. The molecule has 0 bridgehead atoms. The minimum Gasteiger partial charge on any atom is -0.467 e. The number of carbonyl (C=O) groups is 3. The number of amides is 2. The van der Waals surface area contributed by atoms with Gasteiger partial charge in [-0.2, -0.15) is 0 Å². The molecule has 2 amide bonds. The number of hydrogen-bond donors (Lipinski definition) is 3. The lowest BCUT2D eigenvalue weighted by Gasteiger charge is -2.41. The van der Waals surface area contributed by atoms with Gasteiger partial charge in [0.2, 0.25) is 11.8 Å². The Bertz CT molecular complexity index is 944. The summed E-state index contributed by atoms with van der Waals surface area (Å²) in [5.74, 6) is -0.203. The van der Waals surface area contributed by atoms with Crippen molar-refractivity contribution < 1.29 is 19.1 Å². The number of rotatable bonds is 10. The summed E-state index contributed by atoms with van der Waals surface area (Å²) in [6.07, 6.45) is 3.39. The van der Waals surface area contributed by atoms with Crippen LogP contribution in [0.15, 0.2) is 24.3 Å². The number of esters is 1. The minimum absolute atomic E-state index is 0.164. The highest BCUT2D eigenvalue weighted by Gasteiger charge is 2.43. The van der Waals surface area contributed by atoms with Crippen LogP contribution in [-0.2, 0) is 32.1 Å². The topological polar surface area (TPSA) is 128 Å². The molecule has 1 aromatic carbocycles. The van der Waals surface area contributed by atoms with Gasteiger partial charge in [-0.25, -0.2) is 4.79 Å². The zero-order valence-corrected chi connectivity index (χ0v) is 23.3. The summed E-state index contributed by atoms with van der Waals surface area (Å²) in [7, 11) is 1.31. The third-order valence-corrected chi connectivity index (χ3v) is 10.1. The Kier molecular flexibility index (Phi) is 10.1. The Hall–Kier alpha value is -1.75. The number of methoxy groups -OCH3 is 1. The molecule has 2 aliphatic heterocycles. The van der Waals surface area contributed by atoms with Gasteiger partial charge in [-0.05, 0) is 37.8 Å². The first-order valence-electron chi connectivity index (χ1n) is 12.6. The Morgan fingerprint density at radius 2 is 1.97 bits per heavy atom. The molecular weight excluding hydrogens is 496 g/mol. The van der Waals surface area contributed by atoms with Crippen molar-refractivity contribution in [3.63, 3.8) is 0 Å². The number of benzene rings is 1. The second-order valence-corrected chi connectivity index (χ2v) is 13.5. The van der Waals surface area contributed by atoms with Crippen LogP contribution in [0.5, 0.6) is 0 Å². The molecule has 5 atom stereocenters. The van der Waals surface area contributed by atoms with Crippen LogP contribution in [0.2, 0.25) is 0 Å². The highest BCUT2D eigenvalue weighted by Crippen LogP contribution is 2.43. The van der Waals surface area contributed by atoms with E-state index in [0.29, 0.717) is 19.4 Å². The van der Waals surface area contributed by atoms with E-state index in [9.17, 15) is 14.4 Å². The fourth-order valence-corrected chi connectivity index (χ4v) is 8.14. The molecule has 0 saturated carbocycles. The lowest BCUT2D eigenvalue weighted by Crippen LogP contribution is -2.61. The van der Waals surface area contributed by atoms with Crippen molar-refractivity contribution >= 4 is 41.3 Å². The number of hydrogen-bond acceptors (Lipinski definition) is 8. The van der Waals surface area contributed by atoms with Crippen LogP contribution in [-0.4, -0.2) is 69.0 Å². The number of fused-ring (bicyclic) bond motifs is 1. The van der Waals surface area contributed by atoms with Gasteiger partial charge in [0, 0.05) is 29.5 Å². The second kappa shape index (κ2) is 12.7. The van der Waals surface area contributed by atoms with E-state index in [1.807, 2.05) is 45.0 Å². The first kappa shape index (κ1) is 28.8. The summed E-state index contributed by atoms with van der Waals surface area (Å²) < 4.78 is 4.65. The predicted octanol–water partition coefficient (Wildman–Crippen LogP) is 2.42. The number of unbranched alkanes of at least 4 members (excludes halogenated alkanes) is 1. The minimum atomic E-state index is -0.808. The first-order valence-corrected chi connectivity index (χ1v) is 14.6. The second-order valence-electron chi connectivity index (χ2n) is 10.1. The van der Waals surface area contributed by atoms with Gasteiger partial charge in [0.15, 0.2) is 0 Å². The number of thioether (sulfide) groups is 2. The molecule has 5 N–H and O–H groups in total. The molecule has 3 rings (SSSR count). The van der Waals surface area contributed by atoms with Gasteiger partial charge >= 0.3 is 5.97 Å². The molecule has 36 heavy (non-hydrogen) atoms. The fraction of sp³-hybridized carbons (Fsp3) is 0.654. The third-order valence-electron chi connectivity index (χ3n) is 6.92. The average molecular weight is 537 g/mol. The Morgan fingerprint density at radius 3 is 2.58 bits per heavy atom. The van der Waals surface area contributed by atoms with Crippen LogP contribution in [0.25, 0.3) is 0 Å². The van der Waals surface area contributed by atoms with Gasteiger partial charge in [-0.1, -0.05) is 44.0 Å². The number of nitrogens with two attached hydrogens (primary N) is 2. The lowest BCUT2D eigenvalue weighted by atomic mass is 9.91. The van der Waals surface area contributed by atoms with E-state index in [1.54, 1.807) is 28.4 Å². The van der Waals surface area contributed by atoms with E-state index in [4.69, 9.17) is 16.2 Å². The fourth-order valence-electron chi connectivity index (χ4n) is 4.64. The summed E-state index contributed by atoms with van der Waals surface area (Å²) in [6, 6.07) is 5.66. The number of carbonyl (C=O) groups excluding carboxylic acids is 3. The summed E-state index contributed by atoms with van der Waals surface area (Å²) in [5, 5.41) is 2.86. The van der Waals surface area contributed by atoms with Gasteiger partial charge in [-0.15, -0.1) is 23.5 Å². The molecular formula is C26H40N4O4S2. The Labute approximate surface area is 223 Å². The SMILES string of the molecule is CCCC[C@H](NC(=O)[C@@H]1Cc2ccccc2CN1C(=O)[C@@H](N)C(C)(C)SC1CC(N)CS1)C(=O)OC. The third kappa shape index (κ3) is 6.96. The van der Waals surface area contributed by atoms with E-state index in [0.717, 1.165) is 36.1 Å². The monoisotopic (exact) mass is 536 g/mol. The van der Waals surface area contributed by atoms with Gasteiger partial charge in [0.05, 0.1) is 17.7 Å². The zero-order valence-electron chi connectivity index (χ0n) is 21.7. The van der Waals surface area contributed by atoms with Crippen molar-refractivity contribution in [2.75, 3.05) is 12.9 Å². The zero-order chi connectivity index (χ0) is 26.5. The molecule has 2 aliphatic rings. The normalized spacial score (nSPS) is 23.5. The largest absolute Gasteiger partial charge is 0.467 e. The van der Waals surface area contributed by atoms with Crippen molar-refractivity contribution in [1.29, 1.82) is 0 Å². The number of nitrogens with one attached hydrogen (secondary N) is 1. The van der Waals surface area contributed by atoms with E-state index >= 15 is 0 Å². The van der Waals surface area contributed by atoms with E-state index in [1.165, 1.54) is 7.11 Å². The Morgan fingerprint density at radius 1 is 1.28 bits per heavy atom.